The van der Waals surface area contributed by atoms with E-state index in [1.165, 1.54) is 29.3 Å². The molecule has 0 aliphatic heterocycles. The van der Waals surface area contributed by atoms with Gasteiger partial charge in [-0.05, 0) is 0 Å². The predicted molar refractivity (Wildman–Crippen MR) is 180 cm³/mol. The first-order chi connectivity index (χ1) is 17.7. The Morgan fingerprint density at radius 1 is 0.447 bits per heavy atom. The summed E-state index contributed by atoms with van der Waals surface area (Å²) in [7, 11) is 0.137. The van der Waals surface area contributed by atoms with Crippen LogP contribution in [0.4, 0.5) is 0 Å². The molecule has 0 atom stereocenters. The van der Waals surface area contributed by atoms with Crippen LogP contribution in [0.5, 0.6) is 0 Å². The topological polar surface area (TPSA) is 0 Å². The van der Waals surface area contributed by atoms with E-state index < -0.39 is 21.1 Å². The monoisotopic (exact) mass is 641 g/mol. The third kappa shape index (κ3) is 9.82. The summed E-state index contributed by atoms with van der Waals surface area (Å²) in [5.74, 6) is 3.47. The van der Waals surface area contributed by atoms with Gasteiger partial charge >= 0.3 is 205 Å². The zero-order valence-corrected chi connectivity index (χ0v) is 31.7. The van der Waals surface area contributed by atoms with E-state index in [0.29, 0.717) is 35.5 Å². The summed E-state index contributed by atoms with van der Waals surface area (Å²) >= 11 is -0.973. The molecule has 0 heterocycles. The quantitative estimate of drug-likeness (QED) is 0.215. The van der Waals surface area contributed by atoms with E-state index in [0.717, 1.165) is 0 Å². The maximum atomic E-state index is 2.55. The van der Waals surface area contributed by atoms with Crippen molar-refractivity contribution in [2.75, 3.05) is 0 Å². The standard InChI is InChI=1S/2C15H23.C6H15Si.Sn/c2*1-10(2)13-7-14(11(3)4)9-15(8-13)12(5)6;1-4-7(5-2)6-3;/h2*7-8,10-12H,1-6H3;4-6H2,1-3H3;/q;;;+1. The minimum absolute atomic E-state index is 0.137. The Hall–Kier alpha value is -0.544. The van der Waals surface area contributed by atoms with Crippen LogP contribution in [0.15, 0.2) is 24.3 Å². The van der Waals surface area contributed by atoms with E-state index in [1.54, 1.807) is 29.4 Å². The van der Waals surface area contributed by atoms with Gasteiger partial charge in [0.15, 0.2) is 0 Å². The van der Waals surface area contributed by atoms with Gasteiger partial charge in [-0.2, -0.15) is 0 Å². The van der Waals surface area contributed by atoms with E-state index in [9.17, 15) is 0 Å². The van der Waals surface area contributed by atoms with Crippen LogP contribution >= 0.6 is 0 Å². The van der Waals surface area contributed by atoms with Crippen molar-refractivity contribution in [2.24, 2.45) is 0 Å². The average molecular weight is 641 g/mol. The van der Waals surface area contributed by atoms with Gasteiger partial charge in [0.2, 0.25) is 0 Å². The Morgan fingerprint density at radius 3 is 0.816 bits per heavy atom. The smallest absolute Gasteiger partial charge is 0.0470 e. The summed E-state index contributed by atoms with van der Waals surface area (Å²) in [5.41, 5.74) is 9.52. The van der Waals surface area contributed by atoms with Gasteiger partial charge in [0.1, 0.15) is 0 Å². The van der Waals surface area contributed by atoms with Crippen molar-refractivity contribution >= 4 is 37.1 Å². The molecule has 0 saturated carbocycles. The Kier molecular flexibility index (Phi) is 15.6. The van der Waals surface area contributed by atoms with Crippen LogP contribution in [0.3, 0.4) is 0 Å². The zero-order chi connectivity index (χ0) is 29.3. The summed E-state index contributed by atoms with van der Waals surface area (Å²) in [5, 5.41) is 0. The van der Waals surface area contributed by atoms with Gasteiger partial charge in [0.25, 0.3) is 0 Å². The van der Waals surface area contributed by atoms with Gasteiger partial charge in [0.05, 0.1) is 0 Å². The van der Waals surface area contributed by atoms with Gasteiger partial charge < -0.3 is 0 Å². The maximum Gasteiger partial charge on any atom is 0.0470 e. The number of rotatable bonds is 11. The molecule has 0 saturated heterocycles. The Balaban J connectivity index is 0.000000905. The minimum Gasteiger partial charge on any atom is -0.0680 e. The first kappa shape index (κ1) is 35.5. The molecule has 0 amide bonds. The second-order valence-electron chi connectivity index (χ2n) is 13.0. The molecule has 0 aliphatic rings. The Labute approximate surface area is 251 Å². The van der Waals surface area contributed by atoms with E-state index in [-0.39, 0.29) is 8.80 Å². The Morgan fingerprint density at radius 2 is 0.684 bits per heavy atom. The molecule has 2 heteroatoms. The fourth-order valence-corrected chi connectivity index (χ4v) is 13.1. The van der Waals surface area contributed by atoms with Crippen molar-refractivity contribution in [3.05, 3.63) is 57.6 Å². The molecule has 0 nitrogen and oxygen atoms in total. The Bertz CT molecular complexity index is 840. The number of benzene rings is 2. The molecule has 0 unspecified atom stereocenters. The fourth-order valence-electron chi connectivity index (χ4n) is 5.08. The predicted octanol–water partition coefficient (Wildman–Crippen LogP) is 10.6. The van der Waals surface area contributed by atoms with Crippen molar-refractivity contribution in [2.45, 2.75) is 157 Å². The molecule has 2 rings (SSSR count). The molecule has 38 heavy (non-hydrogen) atoms. The van der Waals surface area contributed by atoms with E-state index in [2.05, 4.69) is 128 Å². The van der Waals surface area contributed by atoms with Crippen molar-refractivity contribution < 1.29 is 0 Å². The zero-order valence-electron chi connectivity index (χ0n) is 27.9. The van der Waals surface area contributed by atoms with Gasteiger partial charge in [-0.1, -0.05) is 38.9 Å². The minimum atomic E-state index is -0.973. The molecule has 0 aromatic heterocycles. The van der Waals surface area contributed by atoms with Gasteiger partial charge in [-0.3, -0.25) is 0 Å². The second kappa shape index (κ2) is 16.7. The molecule has 212 valence electrons. The third-order valence-corrected chi connectivity index (χ3v) is 15.7. The number of hydrogen-bond acceptors (Lipinski definition) is 0. The van der Waals surface area contributed by atoms with Gasteiger partial charge in [0, 0.05) is 8.80 Å². The van der Waals surface area contributed by atoms with Gasteiger partial charge in [-0.25, -0.2) is 0 Å². The van der Waals surface area contributed by atoms with Crippen LogP contribution in [0.2, 0.25) is 18.1 Å². The molecule has 2 aromatic rings. The first-order valence-corrected chi connectivity index (χ1v) is 20.6. The second-order valence-corrected chi connectivity index (χ2v) is 20.2. The fraction of sp³-hybridized carbons (Fsp3) is 0.667. The van der Waals surface area contributed by atoms with Crippen LogP contribution in [0.25, 0.3) is 0 Å². The first-order valence-electron chi connectivity index (χ1n) is 15.7. The average Bonchev–Trinajstić information content (AvgIpc) is 2.84. The molecule has 2 radical (unpaired) electrons. The van der Waals surface area contributed by atoms with Crippen LogP contribution in [-0.4, -0.2) is 29.9 Å². The number of hydrogen-bond donors (Lipinski definition) is 0. The molecule has 0 fully saturated rings. The van der Waals surface area contributed by atoms with Crippen LogP contribution in [0.1, 0.15) is 173 Å². The summed E-state index contributed by atoms with van der Waals surface area (Å²) in [6.07, 6.45) is 0. The van der Waals surface area contributed by atoms with E-state index in [1.807, 2.05) is 0 Å². The molecule has 0 aliphatic carbocycles. The molecular formula is C36H61SiSn+. The maximum absolute atomic E-state index is 2.55. The molecular weight excluding hydrogens is 579 g/mol. The van der Waals surface area contributed by atoms with Gasteiger partial charge in [-0.15, -0.1) is 0 Å². The largest absolute Gasteiger partial charge is 0.0680 e. The van der Waals surface area contributed by atoms with Crippen LogP contribution in [-0.2, 0) is 0 Å². The molecule has 0 N–H and O–H groups in total. The SMILES string of the molecule is CC(C)c1cc(C(C)C)[c]([Sn+][c]2c(C(C)C)cc(C(C)C)cc2C(C)C)c(C(C)C)c1.CC[Si](CC)CC. The summed E-state index contributed by atoms with van der Waals surface area (Å²) in [6, 6.07) is 14.6. The summed E-state index contributed by atoms with van der Waals surface area (Å²) in [6.45, 7) is 35.4. The molecule has 0 spiro atoms. The molecule has 0 bridgehead atoms. The third-order valence-electron chi connectivity index (χ3n) is 8.01. The van der Waals surface area contributed by atoms with E-state index >= 15 is 0 Å². The van der Waals surface area contributed by atoms with Crippen molar-refractivity contribution in [1.29, 1.82) is 0 Å². The van der Waals surface area contributed by atoms with Crippen molar-refractivity contribution in [1.82, 2.24) is 0 Å². The van der Waals surface area contributed by atoms with E-state index in [4.69, 9.17) is 0 Å². The summed E-state index contributed by atoms with van der Waals surface area (Å²) in [4.78, 5) is 0. The normalized spacial score (nSPS) is 11.9. The van der Waals surface area contributed by atoms with Crippen molar-refractivity contribution in [3.8, 4) is 0 Å². The van der Waals surface area contributed by atoms with Crippen molar-refractivity contribution in [3.63, 3.8) is 0 Å². The van der Waals surface area contributed by atoms with Crippen LogP contribution < -0.4 is 7.16 Å². The summed E-state index contributed by atoms with van der Waals surface area (Å²) < 4.78 is 3.50. The van der Waals surface area contributed by atoms with Crippen LogP contribution in [0, 0.1) is 0 Å². The molecule has 2 aromatic carbocycles.